The van der Waals surface area contributed by atoms with E-state index in [1.807, 2.05) is 13.1 Å². The number of aryl methyl sites for hydroxylation is 2. The number of rotatable bonds is 7. The van der Waals surface area contributed by atoms with E-state index >= 15 is 0 Å². The summed E-state index contributed by atoms with van der Waals surface area (Å²) < 4.78 is 29.5. The molecule has 2 heterocycles. The number of carbonyl (C=O) groups is 1. The first kappa shape index (κ1) is 20.0. The Morgan fingerprint density at radius 2 is 1.86 bits per heavy atom. The lowest BCUT2D eigenvalue weighted by atomic mass is 10.3. The molecule has 0 atom stereocenters. The van der Waals surface area contributed by atoms with E-state index < -0.39 is 10.0 Å². The number of nitrogens with zero attached hydrogens (tertiary/aromatic N) is 4. The zero-order valence-electron chi connectivity index (χ0n) is 14.8. The van der Waals surface area contributed by atoms with Gasteiger partial charge in [0.05, 0.1) is 15.1 Å². The minimum absolute atomic E-state index is 0.0135. The quantitative estimate of drug-likeness (QED) is 0.554. The van der Waals surface area contributed by atoms with Crippen molar-refractivity contribution in [3.8, 4) is 0 Å². The van der Waals surface area contributed by atoms with Crippen molar-refractivity contribution in [2.75, 3.05) is 10.0 Å². The molecule has 0 aliphatic heterocycles. The largest absolute Gasteiger partial charge is 0.326 e. The van der Waals surface area contributed by atoms with Gasteiger partial charge in [0, 0.05) is 37.2 Å². The second kappa shape index (κ2) is 8.48. The summed E-state index contributed by atoms with van der Waals surface area (Å²) in [5.74, 6) is -0.212. The third-order valence-corrected chi connectivity index (χ3v) is 5.82. The van der Waals surface area contributed by atoms with Crippen LogP contribution in [-0.2, 0) is 21.4 Å². The Morgan fingerprint density at radius 3 is 2.46 bits per heavy atom. The molecular weight excluding hydrogens is 448 g/mol. The Bertz CT molecular complexity index is 1050. The van der Waals surface area contributed by atoms with E-state index in [-0.39, 0.29) is 23.2 Å². The summed E-state index contributed by atoms with van der Waals surface area (Å²) >= 11 is 3.37. The highest BCUT2D eigenvalue weighted by atomic mass is 79.9. The number of amides is 1. The number of hydrogen-bond acceptors (Lipinski definition) is 6. The first-order chi connectivity index (χ1) is 13.3. The van der Waals surface area contributed by atoms with E-state index in [1.165, 1.54) is 36.7 Å². The van der Waals surface area contributed by atoms with Gasteiger partial charge in [-0.1, -0.05) is 0 Å². The average molecular weight is 465 g/mol. The van der Waals surface area contributed by atoms with Crippen LogP contribution in [-0.4, -0.2) is 34.1 Å². The van der Waals surface area contributed by atoms with Crippen LogP contribution in [0.2, 0.25) is 0 Å². The second-order valence-corrected chi connectivity index (χ2v) is 8.36. The Balaban J connectivity index is 1.58. The molecule has 11 heteroatoms. The maximum atomic E-state index is 12.3. The van der Waals surface area contributed by atoms with Crippen molar-refractivity contribution in [3.05, 3.63) is 59.1 Å². The molecule has 1 amide bonds. The van der Waals surface area contributed by atoms with Gasteiger partial charge in [0.2, 0.25) is 11.9 Å². The van der Waals surface area contributed by atoms with Gasteiger partial charge in [0.25, 0.3) is 10.0 Å². The third kappa shape index (κ3) is 5.14. The van der Waals surface area contributed by atoms with Crippen molar-refractivity contribution in [3.63, 3.8) is 0 Å². The molecular formula is C17H17BrN6O3S. The number of benzene rings is 1. The van der Waals surface area contributed by atoms with Crippen LogP contribution in [0.15, 0.2) is 58.3 Å². The fraction of sp³-hybridized carbons (Fsp3) is 0.176. The van der Waals surface area contributed by atoms with Crippen molar-refractivity contribution < 1.29 is 13.2 Å². The number of nitrogens with one attached hydrogen (secondary N) is 2. The Kier molecular flexibility index (Phi) is 6.05. The van der Waals surface area contributed by atoms with Crippen molar-refractivity contribution in [2.24, 2.45) is 0 Å². The molecule has 0 aliphatic rings. The minimum Gasteiger partial charge on any atom is -0.326 e. The second-order valence-electron chi connectivity index (χ2n) is 5.83. The number of anilines is 2. The highest BCUT2D eigenvalue weighted by Crippen LogP contribution is 2.17. The van der Waals surface area contributed by atoms with Gasteiger partial charge in [-0.2, -0.15) is 5.10 Å². The molecule has 1 aromatic carbocycles. The number of aromatic nitrogens is 4. The minimum atomic E-state index is -3.81. The molecule has 2 aromatic heterocycles. The summed E-state index contributed by atoms with van der Waals surface area (Å²) in [7, 11) is -3.81. The fourth-order valence-corrected chi connectivity index (χ4v) is 3.57. The average Bonchev–Trinajstić information content (AvgIpc) is 2.99. The molecule has 0 unspecified atom stereocenters. The van der Waals surface area contributed by atoms with Gasteiger partial charge in [-0.15, -0.1) is 0 Å². The smallest absolute Gasteiger partial charge is 0.264 e. The molecule has 2 N–H and O–H groups in total. The predicted molar refractivity (Wildman–Crippen MR) is 107 cm³/mol. The van der Waals surface area contributed by atoms with Crippen LogP contribution in [0.4, 0.5) is 11.6 Å². The molecule has 146 valence electrons. The lowest BCUT2D eigenvalue weighted by Gasteiger charge is -2.08. The summed E-state index contributed by atoms with van der Waals surface area (Å²) in [4.78, 5) is 19.8. The Labute approximate surface area is 170 Å². The predicted octanol–water partition coefficient (Wildman–Crippen LogP) is 2.57. The first-order valence-electron chi connectivity index (χ1n) is 8.23. The van der Waals surface area contributed by atoms with Crippen molar-refractivity contribution in [2.45, 2.75) is 24.8 Å². The van der Waals surface area contributed by atoms with Crippen LogP contribution in [0.1, 0.15) is 12.1 Å². The molecule has 28 heavy (non-hydrogen) atoms. The van der Waals surface area contributed by atoms with Crippen LogP contribution in [0.25, 0.3) is 0 Å². The molecule has 0 spiro atoms. The lowest BCUT2D eigenvalue weighted by molar-refractivity contribution is -0.116. The van der Waals surface area contributed by atoms with Gasteiger partial charge in [0.15, 0.2) is 0 Å². The third-order valence-electron chi connectivity index (χ3n) is 3.69. The van der Waals surface area contributed by atoms with Gasteiger partial charge in [0.1, 0.15) is 0 Å². The molecule has 3 aromatic rings. The molecule has 0 bridgehead atoms. The van der Waals surface area contributed by atoms with Crippen molar-refractivity contribution >= 4 is 43.5 Å². The van der Waals surface area contributed by atoms with Gasteiger partial charge in [-0.3, -0.25) is 9.48 Å². The van der Waals surface area contributed by atoms with Gasteiger partial charge in [-0.25, -0.2) is 23.1 Å². The molecule has 0 aliphatic carbocycles. The van der Waals surface area contributed by atoms with E-state index in [4.69, 9.17) is 0 Å². The first-order valence-corrected chi connectivity index (χ1v) is 10.5. The summed E-state index contributed by atoms with van der Waals surface area (Å²) in [6.07, 6.45) is 4.92. The topological polar surface area (TPSA) is 119 Å². The van der Waals surface area contributed by atoms with Gasteiger partial charge >= 0.3 is 0 Å². The highest BCUT2D eigenvalue weighted by Gasteiger charge is 2.15. The molecule has 0 saturated carbocycles. The standard InChI is InChI=1S/C17H17BrN6O3S/c1-12-15(18)11-24(22-12)10-7-16(25)21-13-3-5-14(6-4-13)28(26,27)23-17-19-8-2-9-20-17/h2-6,8-9,11H,7,10H2,1H3,(H,21,25)(H,19,20,23). The lowest BCUT2D eigenvalue weighted by Crippen LogP contribution is -2.16. The SMILES string of the molecule is Cc1nn(CCC(=O)Nc2ccc(S(=O)(=O)Nc3ncccn3)cc2)cc1Br. The van der Waals surface area contributed by atoms with E-state index in [0.29, 0.717) is 12.2 Å². The summed E-state index contributed by atoms with van der Waals surface area (Å²) in [6.45, 7) is 2.31. The molecule has 3 rings (SSSR count). The van der Waals surface area contributed by atoms with Crippen LogP contribution in [0.3, 0.4) is 0 Å². The molecule has 0 radical (unpaired) electrons. The monoisotopic (exact) mass is 464 g/mol. The Hall–Kier alpha value is -2.79. The van der Waals surface area contributed by atoms with Gasteiger partial charge < -0.3 is 5.32 Å². The van der Waals surface area contributed by atoms with Crippen LogP contribution in [0, 0.1) is 6.92 Å². The summed E-state index contributed by atoms with van der Waals surface area (Å²) in [5.41, 5.74) is 1.35. The fourth-order valence-electron chi connectivity index (χ4n) is 2.30. The van der Waals surface area contributed by atoms with Crippen LogP contribution in [0.5, 0.6) is 0 Å². The Morgan fingerprint density at radius 1 is 1.18 bits per heavy atom. The summed E-state index contributed by atoms with van der Waals surface area (Å²) in [5, 5.41) is 7.00. The van der Waals surface area contributed by atoms with E-state index in [0.717, 1.165) is 10.2 Å². The van der Waals surface area contributed by atoms with E-state index in [9.17, 15) is 13.2 Å². The molecule has 0 saturated heterocycles. The zero-order valence-corrected chi connectivity index (χ0v) is 17.2. The number of sulfonamides is 1. The molecule has 9 nitrogen and oxygen atoms in total. The van der Waals surface area contributed by atoms with Crippen LogP contribution < -0.4 is 10.0 Å². The summed E-state index contributed by atoms with van der Waals surface area (Å²) in [6, 6.07) is 7.42. The molecule has 0 fully saturated rings. The normalized spacial score (nSPS) is 11.2. The van der Waals surface area contributed by atoms with Crippen molar-refractivity contribution in [1.82, 2.24) is 19.7 Å². The van der Waals surface area contributed by atoms with Gasteiger partial charge in [-0.05, 0) is 53.2 Å². The highest BCUT2D eigenvalue weighted by molar-refractivity contribution is 9.10. The van der Waals surface area contributed by atoms with E-state index in [1.54, 1.807) is 10.7 Å². The zero-order chi connectivity index (χ0) is 20.1. The number of carbonyl (C=O) groups excluding carboxylic acids is 1. The maximum Gasteiger partial charge on any atom is 0.264 e. The van der Waals surface area contributed by atoms with E-state index in [2.05, 4.69) is 41.0 Å². The van der Waals surface area contributed by atoms with Crippen molar-refractivity contribution in [1.29, 1.82) is 0 Å². The van der Waals surface area contributed by atoms with Crippen LogP contribution >= 0.6 is 15.9 Å². The number of hydrogen-bond donors (Lipinski definition) is 2. The maximum absolute atomic E-state index is 12.3. The number of halogens is 1.